The summed E-state index contributed by atoms with van der Waals surface area (Å²) in [6, 6.07) is 12.6. The minimum Gasteiger partial charge on any atom is -0.444 e. The van der Waals surface area contributed by atoms with E-state index < -0.39 is 5.60 Å². The van der Waals surface area contributed by atoms with Gasteiger partial charge in [0.1, 0.15) is 17.2 Å². The van der Waals surface area contributed by atoms with E-state index in [1.807, 2.05) is 27.7 Å². The highest BCUT2D eigenvalue weighted by molar-refractivity contribution is 5.68. The zero-order valence-corrected chi connectivity index (χ0v) is 18.2. The van der Waals surface area contributed by atoms with Crippen LogP contribution in [0.25, 0.3) is 0 Å². The Morgan fingerprint density at radius 2 is 1.37 bits per heavy atom. The van der Waals surface area contributed by atoms with Gasteiger partial charge in [0.15, 0.2) is 0 Å². The number of carbonyl (C=O) groups excluding carboxylic acids is 1. The normalized spacial score (nSPS) is 20.5. The highest BCUT2D eigenvalue weighted by Crippen LogP contribution is 2.34. The molecule has 2 atom stereocenters. The first kappa shape index (κ1) is 22.2. The van der Waals surface area contributed by atoms with Crippen LogP contribution in [0.4, 0.5) is 13.6 Å². The maximum Gasteiger partial charge on any atom is 0.410 e. The fourth-order valence-corrected chi connectivity index (χ4v) is 3.95. The quantitative estimate of drug-likeness (QED) is 0.673. The number of piperazine rings is 1. The first-order valence-electron chi connectivity index (χ1n) is 10.3. The Hall–Kier alpha value is -2.47. The molecule has 0 aliphatic carbocycles. The van der Waals surface area contributed by atoms with Crippen molar-refractivity contribution in [2.24, 2.45) is 0 Å². The summed E-state index contributed by atoms with van der Waals surface area (Å²) in [4.78, 5) is 16.7. The van der Waals surface area contributed by atoms with Gasteiger partial charge in [-0.1, -0.05) is 24.3 Å². The van der Waals surface area contributed by atoms with E-state index in [9.17, 15) is 13.6 Å². The summed E-state index contributed by atoms with van der Waals surface area (Å²) in [5, 5.41) is 0. The number of rotatable bonds is 3. The summed E-state index contributed by atoms with van der Waals surface area (Å²) in [6.07, 6.45) is -0.318. The third kappa shape index (κ3) is 5.17. The molecule has 1 aliphatic heterocycles. The average Bonchev–Trinajstić information content (AvgIpc) is 2.66. The molecule has 1 aliphatic rings. The standard InChI is InChI=1S/C24H30F2N2O2/c1-16-15-28(23(29)30-24(3,4)5)17(2)14-27(16)22(18-6-10-20(25)11-7-18)19-8-12-21(26)13-9-19/h6-13,16-17,22H,14-15H2,1-5H3/t16-,17+/m1/s1. The molecule has 4 nitrogen and oxygen atoms in total. The van der Waals surface area contributed by atoms with E-state index >= 15 is 0 Å². The second-order valence-electron chi connectivity index (χ2n) is 9.03. The van der Waals surface area contributed by atoms with Gasteiger partial charge in [0, 0.05) is 25.2 Å². The molecule has 6 heteroatoms. The van der Waals surface area contributed by atoms with Crippen molar-refractivity contribution < 1.29 is 18.3 Å². The summed E-state index contributed by atoms with van der Waals surface area (Å²) in [7, 11) is 0. The molecular weight excluding hydrogens is 386 g/mol. The zero-order valence-electron chi connectivity index (χ0n) is 18.2. The SMILES string of the molecule is C[C@@H]1CN(C(=O)OC(C)(C)C)[C@@H](C)CN1C(c1ccc(F)cc1)c1ccc(F)cc1. The van der Waals surface area contributed by atoms with Crippen LogP contribution in [0.5, 0.6) is 0 Å². The molecule has 0 radical (unpaired) electrons. The number of carbonyl (C=O) groups is 1. The Kier molecular flexibility index (Phi) is 6.46. The van der Waals surface area contributed by atoms with Gasteiger partial charge >= 0.3 is 6.09 Å². The third-order valence-corrected chi connectivity index (χ3v) is 5.37. The van der Waals surface area contributed by atoms with E-state index in [1.54, 1.807) is 29.2 Å². The van der Waals surface area contributed by atoms with Crippen molar-refractivity contribution in [2.75, 3.05) is 13.1 Å². The third-order valence-electron chi connectivity index (χ3n) is 5.37. The van der Waals surface area contributed by atoms with E-state index in [0.29, 0.717) is 13.1 Å². The first-order chi connectivity index (χ1) is 14.0. The number of hydrogen-bond donors (Lipinski definition) is 0. The molecular formula is C24H30F2N2O2. The maximum atomic E-state index is 13.5. The second-order valence-corrected chi connectivity index (χ2v) is 9.03. The Balaban J connectivity index is 1.90. The highest BCUT2D eigenvalue weighted by atomic mass is 19.1. The van der Waals surface area contributed by atoms with Crippen LogP contribution in [0.15, 0.2) is 48.5 Å². The van der Waals surface area contributed by atoms with Gasteiger partial charge in [-0.2, -0.15) is 0 Å². The molecule has 1 heterocycles. The minimum atomic E-state index is -0.554. The topological polar surface area (TPSA) is 32.8 Å². The van der Waals surface area contributed by atoms with Gasteiger partial charge in [-0.15, -0.1) is 0 Å². The van der Waals surface area contributed by atoms with Crippen molar-refractivity contribution in [1.82, 2.24) is 9.80 Å². The van der Waals surface area contributed by atoms with Crippen LogP contribution >= 0.6 is 0 Å². The van der Waals surface area contributed by atoms with Gasteiger partial charge in [0.2, 0.25) is 0 Å². The molecule has 1 amide bonds. The van der Waals surface area contributed by atoms with Gasteiger partial charge in [-0.05, 0) is 70.0 Å². The highest BCUT2D eigenvalue weighted by Gasteiger charge is 2.38. The van der Waals surface area contributed by atoms with E-state index in [0.717, 1.165) is 11.1 Å². The predicted molar refractivity (Wildman–Crippen MR) is 113 cm³/mol. The van der Waals surface area contributed by atoms with Crippen LogP contribution in [-0.4, -0.2) is 46.7 Å². The fourth-order valence-electron chi connectivity index (χ4n) is 3.95. The summed E-state index contributed by atoms with van der Waals surface area (Å²) in [6.45, 7) is 10.7. The number of hydrogen-bond acceptors (Lipinski definition) is 3. The Bertz CT molecular complexity index is 817. The van der Waals surface area contributed by atoms with Crippen LogP contribution in [-0.2, 0) is 4.74 Å². The number of nitrogens with zero attached hydrogens (tertiary/aromatic N) is 2. The molecule has 30 heavy (non-hydrogen) atoms. The van der Waals surface area contributed by atoms with Crippen molar-refractivity contribution in [3.63, 3.8) is 0 Å². The summed E-state index contributed by atoms with van der Waals surface area (Å²) >= 11 is 0. The lowest BCUT2D eigenvalue weighted by atomic mass is 9.93. The number of amides is 1. The molecule has 0 bridgehead atoms. The molecule has 162 valence electrons. The van der Waals surface area contributed by atoms with Crippen LogP contribution < -0.4 is 0 Å². The minimum absolute atomic E-state index is 0.0221. The largest absolute Gasteiger partial charge is 0.444 e. The Labute approximate surface area is 177 Å². The molecule has 0 saturated carbocycles. The smallest absolute Gasteiger partial charge is 0.410 e. The fraction of sp³-hybridized carbons (Fsp3) is 0.458. The van der Waals surface area contributed by atoms with Gasteiger partial charge in [0.05, 0.1) is 6.04 Å². The van der Waals surface area contributed by atoms with Crippen molar-refractivity contribution in [2.45, 2.75) is 58.3 Å². The summed E-state index contributed by atoms with van der Waals surface area (Å²) < 4.78 is 32.7. The molecule has 1 saturated heterocycles. The molecule has 2 aromatic carbocycles. The lowest BCUT2D eigenvalue weighted by molar-refractivity contribution is -0.0163. The zero-order chi connectivity index (χ0) is 22.1. The monoisotopic (exact) mass is 416 g/mol. The lowest BCUT2D eigenvalue weighted by Gasteiger charge is -2.47. The molecule has 3 rings (SSSR count). The van der Waals surface area contributed by atoms with Gasteiger partial charge in [-0.3, -0.25) is 4.90 Å². The maximum absolute atomic E-state index is 13.5. The average molecular weight is 417 g/mol. The van der Waals surface area contributed by atoms with Crippen molar-refractivity contribution in [3.8, 4) is 0 Å². The number of halogens is 2. The first-order valence-corrected chi connectivity index (χ1v) is 10.3. The number of benzene rings is 2. The van der Waals surface area contributed by atoms with E-state index in [-0.39, 0.29) is 35.9 Å². The predicted octanol–water partition coefficient (Wildman–Crippen LogP) is 5.38. The molecule has 1 fully saturated rings. The summed E-state index contributed by atoms with van der Waals surface area (Å²) in [5.74, 6) is -0.597. The van der Waals surface area contributed by atoms with E-state index in [1.165, 1.54) is 24.3 Å². The van der Waals surface area contributed by atoms with Crippen molar-refractivity contribution >= 4 is 6.09 Å². The second kappa shape index (κ2) is 8.72. The molecule has 0 unspecified atom stereocenters. The Morgan fingerprint density at radius 1 is 0.900 bits per heavy atom. The Morgan fingerprint density at radius 3 is 1.80 bits per heavy atom. The van der Waals surface area contributed by atoms with Gasteiger partial charge in [0.25, 0.3) is 0 Å². The van der Waals surface area contributed by atoms with Crippen molar-refractivity contribution in [1.29, 1.82) is 0 Å². The van der Waals surface area contributed by atoms with Crippen LogP contribution in [0, 0.1) is 11.6 Å². The molecule has 0 N–H and O–H groups in total. The van der Waals surface area contributed by atoms with E-state index in [4.69, 9.17) is 4.74 Å². The number of ether oxygens (including phenoxy) is 1. The van der Waals surface area contributed by atoms with Gasteiger partial charge in [-0.25, -0.2) is 13.6 Å². The summed E-state index contributed by atoms with van der Waals surface area (Å²) in [5.41, 5.74) is 1.29. The van der Waals surface area contributed by atoms with Crippen LogP contribution in [0.3, 0.4) is 0 Å². The van der Waals surface area contributed by atoms with Crippen LogP contribution in [0.1, 0.15) is 51.8 Å². The van der Waals surface area contributed by atoms with E-state index in [2.05, 4.69) is 11.8 Å². The molecule has 2 aromatic rings. The van der Waals surface area contributed by atoms with Crippen molar-refractivity contribution in [3.05, 3.63) is 71.3 Å². The van der Waals surface area contributed by atoms with Crippen LogP contribution in [0.2, 0.25) is 0 Å². The van der Waals surface area contributed by atoms with Gasteiger partial charge < -0.3 is 9.64 Å². The molecule has 0 spiro atoms. The lowest BCUT2D eigenvalue weighted by Crippen LogP contribution is -2.59. The molecule has 0 aromatic heterocycles.